The molecule has 1 aromatic carbocycles. The third kappa shape index (κ3) is 1.11. The Labute approximate surface area is 95.8 Å². The first-order valence-electron chi connectivity index (χ1n) is 5.72. The average molecular weight is 209 g/mol. The quantitative estimate of drug-likeness (QED) is 0.408. The SMILES string of the molecule is CCB1c2ccccc2-c2ccc[n+](N)c21. The lowest BCUT2D eigenvalue weighted by atomic mass is 9.43. The zero-order chi connectivity index (χ0) is 11.1. The number of benzene rings is 1. The minimum absolute atomic E-state index is 0.442. The molecule has 2 aromatic rings. The Morgan fingerprint density at radius 1 is 1.12 bits per heavy atom. The van der Waals surface area contributed by atoms with Crippen LogP contribution in [-0.2, 0) is 0 Å². The Balaban J connectivity index is 2.34. The van der Waals surface area contributed by atoms with Crippen LogP contribution in [0.5, 0.6) is 0 Å². The summed E-state index contributed by atoms with van der Waals surface area (Å²) >= 11 is 0. The monoisotopic (exact) mass is 209 g/mol. The van der Waals surface area contributed by atoms with Crippen LogP contribution in [0.2, 0.25) is 6.32 Å². The molecule has 0 saturated carbocycles. The Kier molecular flexibility index (Phi) is 1.99. The van der Waals surface area contributed by atoms with Gasteiger partial charge < -0.3 is 0 Å². The summed E-state index contributed by atoms with van der Waals surface area (Å²) in [5.74, 6) is 6.03. The van der Waals surface area contributed by atoms with Gasteiger partial charge in [0, 0.05) is 11.6 Å². The van der Waals surface area contributed by atoms with Crippen molar-refractivity contribution < 1.29 is 4.68 Å². The molecule has 1 aliphatic heterocycles. The summed E-state index contributed by atoms with van der Waals surface area (Å²) in [6.07, 6.45) is 3.01. The molecule has 0 bridgehead atoms. The Morgan fingerprint density at radius 3 is 2.69 bits per heavy atom. The zero-order valence-corrected chi connectivity index (χ0v) is 9.35. The van der Waals surface area contributed by atoms with Crippen molar-refractivity contribution in [2.45, 2.75) is 13.2 Å². The maximum Gasteiger partial charge on any atom is 0.298 e. The Bertz CT molecular complexity index is 551. The van der Waals surface area contributed by atoms with E-state index in [1.807, 2.05) is 12.3 Å². The molecule has 1 aliphatic rings. The van der Waals surface area contributed by atoms with Gasteiger partial charge in [0.25, 0.3) is 6.71 Å². The lowest BCUT2D eigenvalue weighted by molar-refractivity contribution is -0.620. The molecule has 0 fully saturated rings. The topological polar surface area (TPSA) is 29.9 Å². The van der Waals surface area contributed by atoms with E-state index < -0.39 is 0 Å². The van der Waals surface area contributed by atoms with Crippen LogP contribution in [0.3, 0.4) is 0 Å². The van der Waals surface area contributed by atoms with Crippen LogP contribution < -0.4 is 21.6 Å². The maximum absolute atomic E-state index is 6.03. The van der Waals surface area contributed by atoms with Gasteiger partial charge in [-0.1, -0.05) is 47.6 Å². The number of fused-ring (bicyclic) bond motifs is 3. The molecule has 3 rings (SSSR count). The predicted octanol–water partition coefficient (Wildman–Crippen LogP) is 0.297. The van der Waals surface area contributed by atoms with Crippen LogP contribution >= 0.6 is 0 Å². The number of hydrogen-bond donors (Lipinski definition) is 1. The van der Waals surface area contributed by atoms with Crippen molar-refractivity contribution in [3.63, 3.8) is 0 Å². The van der Waals surface area contributed by atoms with Crippen LogP contribution in [0.1, 0.15) is 6.92 Å². The maximum atomic E-state index is 6.03. The molecule has 0 saturated heterocycles. The van der Waals surface area contributed by atoms with E-state index in [1.165, 1.54) is 22.2 Å². The molecule has 2 N–H and O–H groups in total. The van der Waals surface area contributed by atoms with Crippen molar-refractivity contribution in [2.75, 3.05) is 5.84 Å². The summed E-state index contributed by atoms with van der Waals surface area (Å²) in [4.78, 5) is 0. The zero-order valence-electron chi connectivity index (χ0n) is 9.35. The van der Waals surface area contributed by atoms with Gasteiger partial charge in [0.15, 0.2) is 11.8 Å². The van der Waals surface area contributed by atoms with Crippen molar-refractivity contribution in [1.82, 2.24) is 0 Å². The Morgan fingerprint density at radius 2 is 1.88 bits per heavy atom. The number of pyridine rings is 1. The van der Waals surface area contributed by atoms with Crippen molar-refractivity contribution in [2.24, 2.45) is 0 Å². The first kappa shape index (κ1) is 9.46. The summed E-state index contributed by atoms with van der Waals surface area (Å²) in [5.41, 5.74) is 5.27. The molecule has 3 heteroatoms. The highest BCUT2D eigenvalue weighted by Gasteiger charge is 2.38. The second kappa shape index (κ2) is 3.37. The summed E-state index contributed by atoms with van der Waals surface area (Å²) in [5, 5.41) is 0. The number of nitrogens with two attached hydrogens (primary N) is 1. The molecule has 0 spiro atoms. The number of nitrogens with zero attached hydrogens (tertiary/aromatic N) is 1. The molecule has 0 amide bonds. The highest BCUT2D eigenvalue weighted by Crippen LogP contribution is 2.21. The number of aromatic nitrogens is 1. The molecule has 0 atom stereocenters. The molecule has 2 heterocycles. The summed E-state index contributed by atoms with van der Waals surface area (Å²) in [6.45, 7) is 2.65. The van der Waals surface area contributed by atoms with Gasteiger partial charge in [-0.25, -0.2) is 5.84 Å². The highest BCUT2D eigenvalue weighted by molar-refractivity contribution is 6.88. The smallest absolute Gasteiger partial charge is 0.206 e. The van der Waals surface area contributed by atoms with Gasteiger partial charge in [-0.05, 0) is 11.6 Å². The summed E-state index contributed by atoms with van der Waals surface area (Å²) in [7, 11) is 0. The van der Waals surface area contributed by atoms with Gasteiger partial charge in [-0.15, -0.1) is 0 Å². The Hall–Kier alpha value is -1.77. The van der Waals surface area contributed by atoms with Gasteiger partial charge in [0.05, 0.1) is 0 Å². The average Bonchev–Trinajstić information content (AvgIpc) is 2.65. The molecule has 1 aromatic heterocycles. The molecular formula is C13H14BN2+. The molecule has 78 valence electrons. The van der Waals surface area contributed by atoms with E-state index in [0.29, 0.717) is 6.71 Å². The van der Waals surface area contributed by atoms with Crippen LogP contribution in [0.25, 0.3) is 11.1 Å². The van der Waals surface area contributed by atoms with Crippen molar-refractivity contribution in [3.8, 4) is 11.1 Å². The summed E-state index contributed by atoms with van der Waals surface area (Å²) in [6, 6.07) is 12.8. The first-order valence-corrected chi connectivity index (χ1v) is 5.72. The second-order valence-corrected chi connectivity index (χ2v) is 4.26. The van der Waals surface area contributed by atoms with Crippen molar-refractivity contribution in [3.05, 3.63) is 42.6 Å². The fourth-order valence-corrected chi connectivity index (χ4v) is 2.74. The fraction of sp³-hybridized carbons (Fsp3) is 0.154. The highest BCUT2D eigenvalue weighted by atomic mass is 15.3. The lowest BCUT2D eigenvalue weighted by Crippen LogP contribution is -2.63. The van der Waals surface area contributed by atoms with Crippen molar-refractivity contribution >= 4 is 17.8 Å². The first-order chi connectivity index (χ1) is 7.83. The molecule has 0 radical (unpaired) electrons. The van der Waals surface area contributed by atoms with E-state index >= 15 is 0 Å². The van der Waals surface area contributed by atoms with Gasteiger partial charge >= 0.3 is 0 Å². The van der Waals surface area contributed by atoms with E-state index in [9.17, 15) is 0 Å². The van der Waals surface area contributed by atoms with E-state index in [0.717, 1.165) is 6.32 Å². The van der Waals surface area contributed by atoms with Crippen molar-refractivity contribution in [1.29, 1.82) is 0 Å². The third-order valence-electron chi connectivity index (χ3n) is 3.43. The van der Waals surface area contributed by atoms with Crippen LogP contribution in [0.15, 0.2) is 42.6 Å². The largest absolute Gasteiger partial charge is 0.298 e. The van der Waals surface area contributed by atoms with E-state index in [4.69, 9.17) is 5.84 Å². The normalized spacial score (nSPS) is 12.4. The molecule has 16 heavy (non-hydrogen) atoms. The van der Waals surface area contributed by atoms with E-state index in [2.05, 4.69) is 37.3 Å². The van der Waals surface area contributed by atoms with E-state index in [-0.39, 0.29) is 0 Å². The lowest BCUT2D eigenvalue weighted by Gasteiger charge is -2.02. The number of nitrogen functional groups attached to an aromatic ring is 1. The van der Waals surface area contributed by atoms with Gasteiger partial charge in [-0.3, -0.25) is 0 Å². The summed E-state index contributed by atoms with van der Waals surface area (Å²) < 4.78 is 1.77. The standard InChI is InChI=1S/C13H14BN2/c1-2-14-12-8-4-3-6-10(12)11-7-5-9-16(15)13(11)14/h3-9H,2,15H2,1H3/q+1. The molecule has 2 nitrogen and oxygen atoms in total. The fourth-order valence-electron chi connectivity index (χ4n) is 2.74. The van der Waals surface area contributed by atoms with Crippen LogP contribution in [-0.4, -0.2) is 6.71 Å². The minimum Gasteiger partial charge on any atom is -0.206 e. The predicted molar refractivity (Wildman–Crippen MR) is 67.7 cm³/mol. The number of rotatable bonds is 1. The van der Waals surface area contributed by atoms with Gasteiger partial charge in [0.1, 0.15) is 0 Å². The molecular weight excluding hydrogens is 195 g/mol. The number of hydrogen-bond acceptors (Lipinski definition) is 1. The van der Waals surface area contributed by atoms with Crippen LogP contribution in [0.4, 0.5) is 0 Å². The second-order valence-electron chi connectivity index (χ2n) is 4.26. The molecule has 0 unspecified atom stereocenters. The van der Waals surface area contributed by atoms with Gasteiger partial charge in [-0.2, -0.15) is 0 Å². The third-order valence-corrected chi connectivity index (χ3v) is 3.43. The van der Waals surface area contributed by atoms with Gasteiger partial charge in [0.2, 0.25) is 0 Å². The minimum atomic E-state index is 0.442. The molecule has 0 aliphatic carbocycles. The van der Waals surface area contributed by atoms with Crippen LogP contribution in [0, 0.1) is 0 Å². The van der Waals surface area contributed by atoms with E-state index in [1.54, 1.807) is 4.68 Å².